The van der Waals surface area contributed by atoms with Crippen molar-refractivity contribution in [3.05, 3.63) is 16.1 Å². The van der Waals surface area contributed by atoms with Crippen molar-refractivity contribution in [2.45, 2.75) is 39.0 Å². The molecule has 0 amide bonds. The van der Waals surface area contributed by atoms with Gasteiger partial charge in [0.15, 0.2) is 0 Å². The van der Waals surface area contributed by atoms with E-state index in [1.165, 1.54) is 5.01 Å². The summed E-state index contributed by atoms with van der Waals surface area (Å²) >= 11 is 1.74. The number of nitrogens with one attached hydrogen (secondary N) is 1. The highest BCUT2D eigenvalue weighted by Crippen LogP contribution is 2.30. The third-order valence-corrected chi connectivity index (χ3v) is 4.25. The Balaban J connectivity index is 2.10. The minimum atomic E-state index is 0.191. The number of nitrogens with zero attached hydrogens (tertiary/aromatic N) is 2. The number of thiazole rings is 1. The Kier molecular flexibility index (Phi) is 4.72. The molecular weight excluding hydrogens is 246 g/mol. The third-order valence-electron chi connectivity index (χ3n) is 3.22. The maximum atomic E-state index is 5.94. The minimum absolute atomic E-state index is 0.191. The Morgan fingerprint density at radius 3 is 3.00 bits per heavy atom. The Morgan fingerprint density at radius 1 is 1.61 bits per heavy atom. The predicted molar refractivity (Wildman–Crippen MR) is 75.1 cm³/mol. The molecule has 2 atom stereocenters. The topological polar surface area (TPSA) is 37.4 Å². The number of morpholine rings is 1. The summed E-state index contributed by atoms with van der Waals surface area (Å²) in [6, 6.07) is 0.767. The molecule has 5 heteroatoms. The van der Waals surface area contributed by atoms with Crippen LogP contribution in [0.1, 0.15) is 30.6 Å². The van der Waals surface area contributed by atoms with E-state index in [4.69, 9.17) is 4.74 Å². The van der Waals surface area contributed by atoms with Crippen molar-refractivity contribution >= 4 is 11.3 Å². The van der Waals surface area contributed by atoms with E-state index in [-0.39, 0.29) is 12.1 Å². The van der Waals surface area contributed by atoms with Gasteiger partial charge in [0.05, 0.1) is 18.8 Å². The molecule has 0 saturated carbocycles. The van der Waals surface area contributed by atoms with Crippen LogP contribution in [-0.2, 0) is 4.74 Å². The summed E-state index contributed by atoms with van der Waals surface area (Å²) in [5.74, 6) is 0. The lowest BCUT2D eigenvalue weighted by Gasteiger charge is -2.38. The second-order valence-electron chi connectivity index (χ2n) is 5.22. The van der Waals surface area contributed by atoms with Gasteiger partial charge in [-0.05, 0) is 14.0 Å². The molecule has 1 aliphatic heterocycles. The van der Waals surface area contributed by atoms with Crippen LogP contribution >= 0.6 is 11.3 Å². The van der Waals surface area contributed by atoms with Crippen molar-refractivity contribution in [1.29, 1.82) is 0 Å². The van der Waals surface area contributed by atoms with Gasteiger partial charge in [0.2, 0.25) is 0 Å². The smallest absolute Gasteiger partial charge is 0.113 e. The van der Waals surface area contributed by atoms with Crippen LogP contribution in [0.4, 0.5) is 0 Å². The molecule has 1 saturated heterocycles. The van der Waals surface area contributed by atoms with Crippen molar-refractivity contribution < 1.29 is 4.74 Å². The van der Waals surface area contributed by atoms with Crippen LogP contribution in [0.15, 0.2) is 5.38 Å². The van der Waals surface area contributed by atoms with Gasteiger partial charge in [-0.15, -0.1) is 11.3 Å². The molecule has 0 radical (unpaired) electrons. The Labute approximate surface area is 113 Å². The van der Waals surface area contributed by atoms with E-state index < -0.39 is 0 Å². The molecule has 0 aliphatic carbocycles. The van der Waals surface area contributed by atoms with E-state index in [9.17, 15) is 0 Å². The van der Waals surface area contributed by atoms with Gasteiger partial charge in [0, 0.05) is 30.2 Å². The molecular formula is C13H23N3OS. The lowest BCUT2D eigenvalue weighted by Crippen LogP contribution is -2.48. The van der Waals surface area contributed by atoms with Crippen LogP contribution in [0.2, 0.25) is 0 Å². The lowest BCUT2D eigenvalue weighted by molar-refractivity contribution is -0.0620. The number of ether oxygens (including phenoxy) is 1. The van der Waals surface area contributed by atoms with Crippen molar-refractivity contribution in [3.8, 4) is 0 Å². The summed E-state index contributed by atoms with van der Waals surface area (Å²) in [6.07, 6.45) is 0.191. The molecule has 18 heavy (non-hydrogen) atoms. The molecule has 0 bridgehead atoms. The molecule has 102 valence electrons. The van der Waals surface area contributed by atoms with Crippen LogP contribution in [0.25, 0.3) is 0 Å². The number of rotatable bonds is 4. The summed E-state index contributed by atoms with van der Waals surface area (Å²) in [7, 11) is 2.16. The van der Waals surface area contributed by atoms with Crippen molar-refractivity contribution in [1.82, 2.24) is 15.2 Å². The van der Waals surface area contributed by atoms with Crippen LogP contribution < -0.4 is 5.32 Å². The normalized spacial score (nSPS) is 25.8. The number of aryl methyl sites for hydroxylation is 1. The predicted octanol–water partition coefficient (Wildman–Crippen LogP) is 1.82. The molecule has 1 fully saturated rings. The molecule has 4 nitrogen and oxygen atoms in total. The molecule has 1 aliphatic rings. The maximum absolute atomic E-state index is 5.94. The molecule has 1 N–H and O–H groups in total. The summed E-state index contributed by atoms with van der Waals surface area (Å²) in [6.45, 7) is 9.03. The van der Waals surface area contributed by atoms with Crippen molar-refractivity contribution in [3.63, 3.8) is 0 Å². The summed E-state index contributed by atoms with van der Waals surface area (Å²) in [5.41, 5.74) is 1.10. The molecule has 1 aromatic heterocycles. The van der Waals surface area contributed by atoms with E-state index in [1.807, 2.05) is 6.92 Å². The average molecular weight is 269 g/mol. The zero-order chi connectivity index (χ0) is 13.1. The molecule has 2 unspecified atom stereocenters. The first-order valence-electron chi connectivity index (χ1n) is 6.55. The van der Waals surface area contributed by atoms with E-state index >= 15 is 0 Å². The van der Waals surface area contributed by atoms with E-state index in [1.54, 1.807) is 11.3 Å². The van der Waals surface area contributed by atoms with Gasteiger partial charge in [-0.25, -0.2) is 4.98 Å². The Morgan fingerprint density at radius 2 is 2.39 bits per heavy atom. The van der Waals surface area contributed by atoms with Gasteiger partial charge in [0.25, 0.3) is 0 Å². The second-order valence-corrected chi connectivity index (χ2v) is 6.11. The highest BCUT2D eigenvalue weighted by molar-refractivity contribution is 7.09. The van der Waals surface area contributed by atoms with Gasteiger partial charge in [0.1, 0.15) is 5.01 Å². The second kappa shape index (κ2) is 6.10. The summed E-state index contributed by atoms with van der Waals surface area (Å²) < 4.78 is 5.94. The number of aromatic nitrogens is 1. The lowest BCUT2D eigenvalue weighted by atomic mass is 10.1. The molecule has 0 spiro atoms. The fourth-order valence-corrected chi connectivity index (χ4v) is 3.25. The first-order chi connectivity index (χ1) is 8.58. The van der Waals surface area contributed by atoms with Crippen LogP contribution in [0.5, 0.6) is 0 Å². The standard InChI is InChI=1S/C13H23N3OS/c1-9(2)14-7-11-12(16(4)5-6-17-11)13-15-10(3)8-18-13/h8-9,11-12,14H,5-7H2,1-4H3. The SMILES string of the molecule is Cc1csc(C2C(CNC(C)C)OCCN2C)n1. The van der Waals surface area contributed by atoms with E-state index in [0.717, 1.165) is 25.4 Å². The Hall–Kier alpha value is -0.490. The van der Waals surface area contributed by atoms with E-state index in [2.05, 4.69) is 41.5 Å². The number of hydrogen-bond acceptors (Lipinski definition) is 5. The average Bonchev–Trinajstić information content (AvgIpc) is 2.72. The highest BCUT2D eigenvalue weighted by Gasteiger charge is 2.33. The van der Waals surface area contributed by atoms with E-state index in [0.29, 0.717) is 6.04 Å². The van der Waals surface area contributed by atoms with Gasteiger partial charge in [-0.1, -0.05) is 13.8 Å². The summed E-state index contributed by atoms with van der Waals surface area (Å²) in [4.78, 5) is 6.99. The zero-order valence-corrected chi connectivity index (χ0v) is 12.5. The zero-order valence-electron chi connectivity index (χ0n) is 11.6. The quantitative estimate of drug-likeness (QED) is 0.905. The van der Waals surface area contributed by atoms with Gasteiger partial charge in [-0.3, -0.25) is 4.90 Å². The highest BCUT2D eigenvalue weighted by atomic mass is 32.1. The van der Waals surface area contributed by atoms with Crippen molar-refractivity contribution in [2.75, 3.05) is 26.7 Å². The molecule has 2 heterocycles. The maximum Gasteiger partial charge on any atom is 0.113 e. The van der Waals surface area contributed by atoms with Gasteiger partial charge >= 0.3 is 0 Å². The largest absolute Gasteiger partial charge is 0.373 e. The van der Waals surface area contributed by atoms with Crippen LogP contribution in [0, 0.1) is 6.92 Å². The third kappa shape index (κ3) is 3.29. The molecule has 0 aromatic carbocycles. The van der Waals surface area contributed by atoms with Gasteiger partial charge in [-0.2, -0.15) is 0 Å². The molecule has 1 aromatic rings. The Bertz CT molecular complexity index is 380. The fraction of sp³-hybridized carbons (Fsp3) is 0.769. The summed E-state index contributed by atoms with van der Waals surface area (Å²) in [5, 5.41) is 6.75. The first kappa shape index (κ1) is 13.9. The first-order valence-corrected chi connectivity index (χ1v) is 7.43. The number of hydrogen-bond donors (Lipinski definition) is 1. The molecule has 2 rings (SSSR count). The number of likely N-dealkylation sites (N-methyl/N-ethyl adjacent to an activating group) is 1. The fourth-order valence-electron chi connectivity index (χ4n) is 2.24. The van der Waals surface area contributed by atoms with Gasteiger partial charge < -0.3 is 10.1 Å². The minimum Gasteiger partial charge on any atom is -0.373 e. The monoisotopic (exact) mass is 269 g/mol. The van der Waals surface area contributed by atoms with Crippen molar-refractivity contribution in [2.24, 2.45) is 0 Å². The van der Waals surface area contributed by atoms with Crippen LogP contribution in [0.3, 0.4) is 0 Å². The van der Waals surface area contributed by atoms with Crippen LogP contribution in [-0.4, -0.2) is 48.8 Å².